The van der Waals surface area contributed by atoms with Gasteiger partial charge in [-0.05, 0) is 36.5 Å². The zero-order valence-corrected chi connectivity index (χ0v) is 14.1. The number of nitrogens with one attached hydrogen (secondary N) is 1. The van der Waals surface area contributed by atoms with Crippen molar-refractivity contribution < 1.29 is 14.3 Å². The quantitative estimate of drug-likeness (QED) is 0.742. The van der Waals surface area contributed by atoms with Crippen LogP contribution in [0.2, 0.25) is 0 Å². The Morgan fingerprint density at radius 2 is 1.81 bits per heavy atom. The van der Waals surface area contributed by atoms with Crippen LogP contribution in [-0.4, -0.2) is 17.6 Å². The molecule has 5 nitrogen and oxygen atoms in total. The van der Waals surface area contributed by atoms with Crippen molar-refractivity contribution in [2.75, 3.05) is 6.54 Å². The summed E-state index contributed by atoms with van der Waals surface area (Å²) in [5, 5.41) is 14.3. The van der Waals surface area contributed by atoms with Crippen LogP contribution in [0.4, 0.5) is 0 Å². The summed E-state index contributed by atoms with van der Waals surface area (Å²) in [6.45, 7) is 0.0665. The van der Waals surface area contributed by atoms with Gasteiger partial charge in [-0.15, -0.1) is 0 Å². The Morgan fingerprint density at radius 3 is 2.54 bits per heavy atom. The van der Waals surface area contributed by atoms with Gasteiger partial charge in [0.05, 0.1) is 11.9 Å². The molecule has 26 heavy (non-hydrogen) atoms. The first-order valence-electron chi connectivity index (χ1n) is 8.67. The lowest BCUT2D eigenvalue weighted by atomic mass is 9.88. The van der Waals surface area contributed by atoms with Crippen LogP contribution in [-0.2, 0) is 5.60 Å². The molecule has 1 aliphatic carbocycles. The molecule has 132 valence electrons. The first-order chi connectivity index (χ1) is 12.6. The van der Waals surface area contributed by atoms with Gasteiger partial charge in [0.15, 0.2) is 11.2 Å². The molecule has 1 saturated carbocycles. The van der Waals surface area contributed by atoms with E-state index in [9.17, 15) is 14.7 Å². The highest BCUT2D eigenvalue weighted by Gasteiger charge is 2.45. The van der Waals surface area contributed by atoms with Crippen LogP contribution >= 0.6 is 0 Å². The molecule has 1 fully saturated rings. The number of carbonyl (C=O) groups is 1. The number of fused-ring (bicyclic) bond motifs is 1. The third kappa shape index (κ3) is 3.02. The van der Waals surface area contributed by atoms with E-state index in [1.807, 2.05) is 30.3 Å². The monoisotopic (exact) mass is 349 g/mol. The van der Waals surface area contributed by atoms with Crippen LogP contribution in [0.15, 0.2) is 69.9 Å². The molecule has 0 bridgehead atoms. The van der Waals surface area contributed by atoms with E-state index in [1.165, 1.54) is 6.07 Å². The molecule has 0 aliphatic heterocycles. The van der Waals surface area contributed by atoms with Crippen molar-refractivity contribution in [1.82, 2.24) is 5.32 Å². The number of carbonyl (C=O) groups excluding carboxylic acids is 1. The van der Waals surface area contributed by atoms with Crippen molar-refractivity contribution in [3.63, 3.8) is 0 Å². The van der Waals surface area contributed by atoms with Crippen molar-refractivity contribution in [2.24, 2.45) is 5.92 Å². The predicted octanol–water partition coefficient (Wildman–Crippen LogP) is 2.82. The number of benzene rings is 2. The lowest BCUT2D eigenvalue weighted by molar-refractivity contribution is 0.0132. The molecule has 0 spiro atoms. The third-order valence-corrected chi connectivity index (χ3v) is 4.90. The summed E-state index contributed by atoms with van der Waals surface area (Å²) in [5.74, 6) is -0.448. The molecule has 0 unspecified atom stereocenters. The highest BCUT2D eigenvalue weighted by molar-refractivity contribution is 5.93. The molecule has 1 aromatic heterocycles. The maximum Gasteiger partial charge on any atom is 0.287 e. The van der Waals surface area contributed by atoms with Crippen molar-refractivity contribution >= 4 is 16.9 Å². The summed E-state index contributed by atoms with van der Waals surface area (Å²) in [6.07, 6.45) is 1.85. The molecule has 1 atom stereocenters. The van der Waals surface area contributed by atoms with Gasteiger partial charge >= 0.3 is 0 Å². The lowest BCUT2D eigenvalue weighted by Crippen LogP contribution is -2.42. The van der Waals surface area contributed by atoms with Gasteiger partial charge in [-0.2, -0.15) is 0 Å². The zero-order chi connectivity index (χ0) is 18.1. The van der Waals surface area contributed by atoms with E-state index in [2.05, 4.69) is 5.32 Å². The number of rotatable bonds is 5. The highest BCUT2D eigenvalue weighted by Crippen LogP contribution is 2.45. The fourth-order valence-electron chi connectivity index (χ4n) is 3.29. The van der Waals surface area contributed by atoms with E-state index >= 15 is 0 Å². The fourth-order valence-corrected chi connectivity index (χ4v) is 3.29. The van der Waals surface area contributed by atoms with Gasteiger partial charge < -0.3 is 14.8 Å². The fraction of sp³-hybridized carbons (Fsp3) is 0.238. The van der Waals surface area contributed by atoms with E-state index in [4.69, 9.17) is 4.42 Å². The second kappa shape index (κ2) is 6.42. The average Bonchev–Trinajstić information content (AvgIpc) is 3.52. The molecule has 3 aromatic rings. The molecule has 1 aliphatic rings. The Bertz CT molecular complexity index is 1010. The van der Waals surface area contributed by atoms with Gasteiger partial charge in [0.1, 0.15) is 11.2 Å². The number of hydrogen-bond donors (Lipinski definition) is 2. The van der Waals surface area contributed by atoms with Gasteiger partial charge in [-0.1, -0.05) is 42.5 Å². The molecule has 2 aromatic carbocycles. The second-order valence-electron chi connectivity index (χ2n) is 6.72. The number of aliphatic hydroxyl groups is 1. The standard InChI is InChI=1S/C21H19NO4/c23-17-12-19(26-18-9-5-4-8-16(17)18)20(24)22-13-21(25,15-10-11-15)14-6-2-1-3-7-14/h1-9,12,15,25H,10-11,13H2,(H,22,24)/t21-/m1/s1. The Balaban J connectivity index is 1.57. The molecule has 5 heteroatoms. The molecule has 1 heterocycles. The van der Waals surface area contributed by atoms with Crippen LogP contribution < -0.4 is 10.7 Å². The van der Waals surface area contributed by atoms with Gasteiger partial charge in [0.2, 0.25) is 0 Å². The van der Waals surface area contributed by atoms with Crippen molar-refractivity contribution in [3.05, 3.63) is 82.2 Å². The Morgan fingerprint density at radius 1 is 1.12 bits per heavy atom. The van der Waals surface area contributed by atoms with Crippen LogP contribution in [0.3, 0.4) is 0 Å². The maximum absolute atomic E-state index is 12.5. The topological polar surface area (TPSA) is 79.5 Å². The summed E-state index contributed by atoms with van der Waals surface area (Å²) < 4.78 is 5.56. The molecule has 2 N–H and O–H groups in total. The Labute approximate surface area is 150 Å². The van der Waals surface area contributed by atoms with E-state index in [0.717, 1.165) is 18.4 Å². The van der Waals surface area contributed by atoms with Crippen molar-refractivity contribution in [3.8, 4) is 0 Å². The first kappa shape index (κ1) is 16.5. The molecule has 1 amide bonds. The van der Waals surface area contributed by atoms with Crippen LogP contribution in [0.5, 0.6) is 0 Å². The normalized spacial score (nSPS) is 16.2. The number of amides is 1. The molecule has 4 rings (SSSR count). The zero-order valence-electron chi connectivity index (χ0n) is 14.1. The van der Waals surface area contributed by atoms with Crippen LogP contribution in [0, 0.1) is 5.92 Å². The van der Waals surface area contributed by atoms with Gasteiger partial charge in [0.25, 0.3) is 5.91 Å². The van der Waals surface area contributed by atoms with E-state index in [-0.39, 0.29) is 23.7 Å². The van der Waals surface area contributed by atoms with Gasteiger partial charge in [0, 0.05) is 6.07 Å². The minimum atomic E-state index is -1.12. The summed E-state index contributed by atoms with van der Waals surface area (Å²) in [6, 6.07) is 17.3. The van der Waals surface area contributed by atoms with Gasteiger partial charge in [-0.3, -0.25) is 9.59 Å². The van der Waals surface area contributed by atoms with Crippen LogP contribution in [0.1, 0.15) is 29.0 Å². The summed E-state index contributed by atoms with van der Waals surface area (Å²) >= 11 is 0. The number of hydrogen-bond acceptors (Lipinski definition) is 4. The summed E-state index contributed by atoms with van der Waals surface area (Å²) in [5.41, 5.74) is -0.236. The maximum atomic E-state index is 12.5. The lowest BCUT2D eigenvalue weighted by Gasteiger charge is -2.29. The summed E-state index contributed by atoms with van der Waals surface area (Å²) in [4.78, 5) is 24.7. The largest absolute Gasteiger partial charge is 0.451 e. The highest BCUT2D eigenvalue weighted by atomic mass is 16.3. The van der Waals surface area contributed by atoms with E-state index in [0.29, 0.717) is 11.0 Å². The molecule has 0 radical (unpaired) electrons. The van der Waals surface area contributed by atoms with E-state index in [1.54, 1.807) is 24.3 Å². The Kier molecular flexibility index (Phi) is 4.09. The SMILES string of the molecule is O=C(NC[C@@](O)(c1ccccc1)C1CC1)c1cc(=O)c2ccccc2o1. The average molecular weight is 349 g/mol. The molecular formula is C21H19NO4. The van der Waals surface area contributed by atoms with E-state index < -0.39 is 11.5 Å². The minimum absolute atomic E-state index is 0.0556. The van der Waals surface area contributed by atoms with Crippen LogP contribution in [0.25, 0.3) is 11.0 Å². The minimum Gasteiger partial charge on any atom is -0.451 e. The first-order valence-corrected chi connectivity index (χ1v) is 8.67. The predicted molar refractivity (Wildman–Crippen MR) is 97.9 cm³/mol. The smallest absolute Gasteiger partial charge is 0.287 e. The van der Waals surface area contributed by atoms with Gasteiger partial charge in [-0.25, -0.2) is 0 Å². The Hall–Kier alpha value is -2.92. The third-order valence-electron chi connectivity index (χ3n) is 4.90. The van der Waals surface area contributed by atoms with Crippen molar-refractivity contribution in [2.45, 2.75) is 18.4 Å². The molecule has 0 saturated heterocycles. The number of para-hydroxylation sites is 1. The van der Waals surface area contributed by atoms with Crippen molar-refractivity contribution in [1.29, 1.82) is 0 Å². The summed E-state index contributed by atoms with van der Waals surface area (Å²) in [7, 11) is 0. The second-order valence-corrected chi connectivity index (χ2v) is 6.72. The molecular weight excluding hydrogens is 330 g/mol.